The molecule has 1 fully saturated rings. The zero-order chi connectivity index (χ0) is 21.5. The van der Waals surface area contributed by atoms with E-state index < -0.39 is 11.0 Å². The molecule has 1 aliphatic rings. The van der Waals surface area contributed by atoms with Crippen LogP contribution in [-0.4, -0.2) is 40.1 Å². The van der Waals surface area contributed by atoms with Crippen LogP contribution in [0.5, 0.6) is 0 Å². The minimum atomic E-state index is -1.20. The predicted molar refractivity (Wildman–Crippen MR) is 117 cm³/mol. The normalized spacial score (nSPS) is 15.6. The number of piperidine rings is 1. The Labute approximate surface area is 179 Å². The van der Waals surface area contributed by atoms with Gasteiger partial charge in [0.25, 0.3) is 0 Å². The fourth-order valence-electron chi connectivity index (χ4n) is 3.47. The van der Waals surface area contributed by atoms with E-state index in [1.165, 1.54) is 19.1 Å². The Morgan fingerprint density at radius 2 is 1.93 bits per heavy atom. The minimum absolute atomic E-state index is 0.0271. The van der Waals surface area contributed by atoms with Crippen molar-refractivity contribution in [1.82, 2.24) is 4.98 Å². The monoisotopic (exact) mass is 433 g/mol. The van der Waals surface area contributed by atoms with E-state index in [2.05, 4.69) is 9.88 Å². The lowest BCUT2D eigenvalue weighted by molar-refractivity contribution is -0.147. The van der Waals surface area contributed by atoms with E-state index in [4.69, 9.17) is 4.74 Å². The first-order valence-electron chi connectivity index (χ1n) is 10.2. The molecule has 1 atom stereocenters. The van der Waals surface area contributed by atoms with Gasteiger partial charge < -0.3 is 9.64 Å². The Balaban J connectivity index is 1.70. The Bertz CT molecular complexity index is 853. The first-order valence-corrected chi connectivity index (χ1v) is 11.5. The Hall–Kier alpha value is -2.48. The van der Waals surface area contributed by atoms with Gasteiger partial charge in [0.05, 0.1) is 18.4 Å². The van der Waals surface area contributed by atoms with Crippen molar-refractivity contribution in [3.05, 3.63) is 54.0 Å². The lowest BCUT2D eigenvalue weighted by Gasteiger charge is -2.32. The van der Waals surface area contributed by atoms with Crippen molar-refractivity contribution in [2.45, 2.75) is 45.8 Å². The maximum Gasteiger partial charge on any atom is 0.302 e. The summed E-state index contributed by atoms with van der Waals surface area (Å²) in [4.78, 5) is 17.9. The predicted octanol–water partition coefficient (Wildman–Crippen LogP) is 3.83. The number of carbonyl (C=O) groups is 1. The topological polar surface area (TPSA) is 62.7 Å². The first kappa shape index (κ1) is 22.2. The highest BCUT2D eigenvalue weighted by Crippen LogP contribution is 2.24. The smallest absolute Gasteiger partial charge is 0.302 e. The van der Waals surface area contributed by atoms with Gasteiger partial charge in [0.2, 0.25) is 0 Å². The zero-order valence-electron chi connectivity index (χ0n) is 17.4. The summed E-state index contributed by atoms with van der Waals surface area (Å²) in [5.41, 5.74) is 1.65. The lowest BCUT2D eigenvalue weighted by Crippen LogP contribution is -2.38. The molecule has 0 N–H and O–H groups in total. The van der Waals surface area contributed by atoms with Gasteiger partial charge in [0.15, 0.2) is 0 Å². The second-order valence-electron chi connectivity index (χ2n) is 7.36. The van der Waals surface area contributed by atoms with Crippen molar-refractivity contribution < 1.29 is 18.1 Å². The van der Waals surface area contributed by atoms with E-state index in [1.807, 2.05) is 19.1 Å². The van der Waals surface area contributed by atoms with Crippen LogP contribution in [0.1, 0.15) is 38.7 Å². The molecular weight excluding hydrogens is 405 g/mol. The highest BCUT2D eigenvalue weighted by Gasteiger charge is 2.22. The van der Waals surface area contributed by atoms with Crippen LogP contribution in [0.4, 0.5) is 15.9 Å². The average molecular weight is 434 g/mol. The summed E-state index contributed by atoms with van der Waals surface area (Å²) in [6.07, 6.45) is 4.07. The van der Waals surface area contributed by atoms with E-state index in [9.17, 15) is 13.4 Å². The van der Waals surface area contributed by atoms with Crippen molar-refractivity contribution in [1.29, 1.82) is 0 Å². The number of pyridine rings is 1. The van der Waals surface area contributed by atoms with Gasteiger partial charge >= 0.3 is 5.97 Å². The summed E-state index contributed by atoms with van der Waals surface area (Å²) in [7, 11) is -1.20. The molecule has 6 nitrogen and oxygen atoms in total. The van der Waals surface area contributed by atoms with Crippen LogP contribution in [0.3, 0.4) is 0 Å². The van der Waals surface area contributed by atoms with Crippen LogP contribution in [0.15, 0.2) is 42.6 Å². The summed E-state index contributed by atoms with van der Waals surface area (Å²) in [6, 6.07) is 10.1. The third-order valence-electron chi connectivity index (χ3n) is 4.98. The van der Waals surface area contributed by atoms with E-state index in [-0.39, 0.29) is 17.9 Å². The number of hydrogen-bond acceptors (Lipinski definition) is 5. The van der Waals surface area contributed by atoms with E-state index in [0.29, 0.717) is 12.3 Å². The van der Waals surface area contributed by atoms with E-state index in [1.54, 1.807) is 22.6 Å². The molecular formula is C22H28FN3O3S. The van der Waals surface area contributed by atoms with Crippen LogP contribution in [0.25, 0.3) is 0 Å². The summed E-state index contributed by atoms with van der Waals surface area (Å²) < 4.78 is 33.1. The average Bonchev–Trinajstić information content (AvgIpc) is 2.74. The fourth-order valence-corrected chi connectivity index (χ4v) is 4.68. The summed E-state index contributed by atoms with van der Waals surface area (Å²) in [6.45, 7) is 5.39. The summed E-state index contributed by atoms with van der Waals surface area (Å²) in [5, 5.41) is 0. The molecule has 1 saturated heterocycles. The van der Waals surface area contributed by atoms with Gasteiger partial charge in [0, 0.05) is 38.6 Å². The van der Waals surface area contributed by atoms with Crippen LogP contribution in [0, 0.1) is 5.82 Å². The Kier molecular flexibility index (Phi) is 7.79. The largest absolute Gasteiger partial charge is 0.462 e. The van der Waals surface area contributed by atoms with Gasteiger partial charge in [-0.3, -0.25) is 9.10 Å². The molecule has 0 saturated carbocycles. The SMILES string of the molecule is CCCS(=O)N(Cc1ccc(F)cc1)c1ccc(N2CCC(OC(C)=O)CC2)nc1. The number of benzene rings is 1. The molecule has 3 rings (SSSR count). The third-order valence-corrected chi connectivity index (χ3v) is 6.57. The highest BCUT2D eigenvalue weighted by atomic mass is 32.2. The third kappa shape index (κ3) is 6.01. The van der Waals surface area contributed by atoms with Gasteiger partial charge in [-0.15, -0.1) is 0 Å². The van der Waals surface area contributed by atoms with Crippen molar-refractivity contribution in [2.75, 3.05) is 28.0 Å². The van der Waals surface area contributed by atoms with Crippen LogP contribution in [0.2, 0.25) is 0 Å². The molecule has 0 aliphatic carbocycles. The quantitative estimate of drug-likeness (QED) is 0.592. The maximum absolute atomic E-state index is 13.2. The molecule has 1 aromatic heterocycles. The minimum Gasteiger partial charge on any atom is -0.462 e. The van der Waals surface area contributed by atoms with Crippen LogP contribution in [-0.2, 0) is 27.1 Å². The first-order chi connectivity index (χ1) is 14.5. The number of hydrogen-bond donors (Lipinski definition) is 0. The molecule has 1 aliphatic heterocycles. The number of ether oxygens (including phenoxy) is 1. The number of rotatable bonds is 8. The summed E-state index contributed by atoms with van der Waals surface area (Å²) >= 11 is 0. The second kappa shape index (κ2) is 10.5. The van der Waals surface area contributed by atoms with Gasteiger partial charge in [-0.25, -0.2) is 13.6 Å². The van der Waals surface area contributed by atoms with E-state index in [0.717, 1.165) is 49.4 Å². The Morgan fingerprint density at radius 1 is 1.23 bits per heavy atom. The van der Waals surface area contributed by atoms with Crippen LogP contribution < -0.4 is 9.21 Å². The number of carbonyl (C=O) groups excluding carboxylic acids is 1. The summed E-state index contributed by atoms with van der Waals surface area (Å²) in [5.74, 6) is 0.871. The van der Waals surface area contributed by atoms with Crippen molar-refractivity contribution in [2.24, 2.45) is 0 Å². The molecule has 0 amide bonds. The molecule has 2 heterocycles. The second-order valence-corrected chi connectivity index (χ2v) is 8.85. The standard InChI is InChI=1S/C22H28FN3O3S/c1-3-14-30(28)26(16-18-4-6-19(23)7-5-18)20-8-9-22(24-15-20)25-12-10-21(11-13-25)29-17(2)27/h4-9,15,21H,3,10-14,16H2,1-2H3. The molecule has 30 heavy (non-hydrogen) atoms. The van der Waals surface area contributed by atoms with E-state index >= 15 is 0 Å². The molecule has 162 valence electrons. The highest BCUT2D eigenvalue weighted by molar-refractivity contribution is 7.86. The molecule has 2 aromatic rings. The number of aromatic nitrogens is 1. The number of halogens is 1. The van der Waals surface area contributed by atoms with Crippen molar-refractivity contribution >= 4 is 28.5 Å². The van der Waals surface area contributed by atoms with Gasteiger partial charge in [-0.05, 0) is 36.2 Å². The molecule has 0 spiro atoms. The maximum atomic E-state index is 13.2. The van der Waals surface area contributed by atoms with Gasteiger partial charge in [0.1, 0.15) is 28.7 Å². The fraction of sp³-hybridized carbons (Fsp3) is 0.455. The molecule has 0 bridgehead atoms. The molecule has 8 heteroatoms. The lowest BCUT2D eigenvalue weighted by atomic mass is 10.1. The zero-order valence-corrected chi connectivity index (χ0v) is 18.2. The molecule has 1 aromatic carbocycles. The van der Waals surface area contributed by atoms with Crippen molar-refractivity contribution in [3.63, 3.8) is 0 Å². The number of nitrogens with zero attached hydrogens (tertiary/aromatic N) is 3. The Morgan fingerprint density at radius 3 is 2.50 bits per heavy atom. The number of esters is 1. The number of anilines is 2. The van der Waals surface area contributed by atoms with Crippen molar-refractivity contribution in [3.8, 4) is 0 Å². The molecule has 0 radical (unpaired) electrons. The molecule has 1 unspecified atom stereocenters. The van der Waals surface area contributed by atoms with Gasteiger partial charge in [-0.1, -0.05) is 19.1 Å². The van der Waals surface area contributed by atoms with Gasteiger partial charge in [-0.2, -0.15) is 0 Å². The van der Waals surface area contributed by atoms with Crippen LogP contribution >= 0.6 is 0 Å².